The Hall–Kier alpha value is -2.40. The van der Waals surface area contributed by atoms with E-state index in [0.29, 0.717) is 6.42 Å². The zero-order valence-electron chi connectivity index (χ0n) is 14.0. The highest BCUT2D eigenvalue weighted by Gasteiger charge is 2.23. The van der Waals surface area contributed by atoms with Crippen molar-refractivity contribution in [1.29, 1.82) is 0 Å². The summed E-state index contributed by atoms with van der Waals surface area (Å²) in [5.74, 6) is -0.715. The molecule has 0 aromatic heterocycles. The van der Waals surface area contributed by atoms with Crippen LogP contribution in [0.3, 0.4) is 0 Å². The lowest BCUT2D eigenvalue weighted by atomic mass is 9.92. The van der Waals surface area contributed by atoms with Crippen LogP contribution in [0.4, 0.5) is 0 Å². The van der Waals surface area contributed by atoms with Crippen molar-refractivity contribution in [3.63, 3.8) is 0 Å². The molecule has 4 nitrogen and oxygen atoms in total. The van der Waals surface area contributed by atoms with Gasteiger partial charge in [-0.3, -0.25) is 4.79 Å². The Bertz CT molecular complexity index is 911. The largest absolute Gasteiger partial charge is 0.467 e. The number of halogens is 1. The minimum Gasteiger partial charge on any atom is -0.467 e. The fourth-order valence-electron chi connectivity index (χ4n) is 3.17. The van der Waals surface area contributed by atoms with E-state index in [2.05, 4.69) is 21.2 Å². The van der Waals surface area contributed by atoms with E-state index in [1.54, 1.807) is 0 Å². The molecule has 1 atom stereocenters. The zero-order valence-corrected chi connectivity index (χ0v) is 15.6. The molecule has 3 aromatic rings. The third-order valence-corrected chi connectivity index (χ3v) is 5.10. The zero-order chi connectivity index (χ0) is 18.0. The Morgan fingerprint density at radius 3 is 1.92 bits per heavy atom. The minimum absolute atomic E-state index is 0.263. The van der Waals surface area contributed by atoms with Crippen LogP contribution in [0.1, 0.15) is 12.5 Å². The predicted molar refractivity (Wildman–Crippen MR) is 102 cm³/mol. The molecule has 128 valence electrons. The summed E-state index contributed by atoms with van der Waals surface area (Å²) in [6.45, 7) is 1.40. The first kappa shape index (κ1) is 17.4. The Labute approximate surface area is 154 Å². The maximum Gasteiger partial charge on any atom is 0.328 e. The third kappa shape index (κ3) is 3.37. The highest BCUT2D eigenvalue weighted by Crippen LogP contribution is 2.36. The molecule has 5 heteroatoms. The van der Waals surface area contributed by atoms with Crippen LogP contribution in [0.5, 0.6) is 0 Å². The number of methoxy groups -OCH3 is 1. The molecular weight excluding hydrogens is 382 g/mol. The van der Waals surface area contributed by atoms with Gasteiger partial charge in [-0.25, -0.2) is 4.79 Å². The average molecular weight is 400 g/mol. The number of amides is 1. The molecule has 0 aliphatic rings. The smallest absolute Gasteiger partial charge is 0.328 e. The van der Waals surface area contributed by atoms with Crippen molar-refractivity contribution < 1.29 is 14.3 Å². The van der Waals surface area contributed by atoms with Gasteiger partial charge in [0.1, 0.15) is 6.04 Å². The Kier molecular flexibility index (Phi) is 5.04. The summed E-state index contributed by atoms with van der Waals surface area (Å²) in [7, 11) is 1.33. The molecule has 0 spiro atoms. The molecule has 1 amide bonds. The topological polar surface area (TPSA) is 55.4 Å². The average Bonchev–Trinajstić information content (AvgIpc) is 2.63. The van der Waals surface area contributed by atoms with Gasteiger partial charge in [-0.05, 0) is 43.0 Å². The molecule has 3 aromatic carbocycles. The highest BCUT2D eigenvalue weighted by atomic mass is 79.9. The highest BCUT2D eigenvalue weighted by molar-refractivity contribution is 9.10. The third-order valence-electron chi connectivity index (χ3n) is 4.25. The molecule has 0 aliphatic heterocycles. The summed E-state index contributed by atoms with van der Waals surface area (Å²) in [5.41, 5.74) is 1.01. The second kappa shape index (κ2) is 7.23. The first-order chi connectivity index (χ1) is 12.0. The number of benzene rings is 3. The van der Waals surface area contributed by atoms with Gasteiger partial charge in [-0.2, -0.15) is 0 Å². The summed E-state index contributed by atoms with van der Waals surface area (Å²) in [5, 5.41) is 6.94. The van der Waals surface area contributed by atoms with Crippen molar-refractivity contribution in [1.82, 2.24) is 5.32 Å². The molecule has 25 heavy (non-hydrogen) atoms. The normalized spacial score (nSPS) is 12.1. The summed E-state index contributed by atoms with van der Waals surface area (Å²) in [6.07, 6.45) is 0.362. The monoisotopic (exact) mass is 399 g/mol. The van der Waals surface area contributed by atoms with Crippen molar-refractivity contribution >= 4 is 49.4 Å². The molecule has 0 bridgehead atoms. The van der Waals surface area contributed by atoms with E-state index in [9.17, 15) is 9.59 Å². The molecular formula is C20H18BrNO3. The van der Waals surface area contributed by atoms with E-state index in [0.717, 1.165) is 31.6 Å². The van der Waals surface area contributed by atoms with Crippen LogP contribution in [0.15, 0.2) is 53.0 Å². The minimum atomic E-state index is -0.726. The number of carbonyl (C=O) groups is 2. The number of carbonyl (C=O) groups excluding carboxylic acids is 2. The molecule has 0 saturated heterocycles. The number of fused-ring (bicyclic) bond motifs is 2. The van der Waals surface area contributed by atoms with E-state index >= 15 is 0 Å². The van der Waals surface area contributed by atoms with Crippen LogP contribution >= 0.6 is 15.9 Å². The number of hydrogen-bond donors (Lipinski definition) is 1. The SMILES string of the molecule is COC(=O)C(Cc1c2ccccc2c(Br)c2ccccc12)NC(C)=O. The summed E-state index contributed by atoms with van der Waals surface area (Å²) >= 11 is 3.70. The van der Waals surface area contributed by atoms with Gasteiger partial charge in [0, 0.05) is 17.8 Å². The first-order valence-electron chi connectivity index (χ1n) is 7.95. The van der Waals surface area contributed by atoms with Gasteiger partial charge < -0.3 is 10.1 Å². The molecule has 1 N–H and O–H groups in total. The molecule has 0 heterocycles. The van der Waals surface area contributed by atoms with Gasteiger partial charge in [0.05, 0.1) is 7.11 Å². The fraction of sp³-hybridized carbons (Fsp3) is 0.200. The number of esters is 1. The molecule has 0 radical (unpaired) electrons. The van der Waals surface area contributed by atoms with E-state index < -0.39 is 12.0 Å². The first-order valence-corrected chi connectivity index (χ1v) is 8.75. The number of nitrogens with one attached hydrogen (secondary N) is 1. The van der Waals surface area contributed by atoms with Gasteiger partial charge in [0.25, 0.3) is 0 Å². The van der Waals surface area contributed by atoms with E-state index in [1.165, 1.54) is 14.0 Å². The van der Waals surface area contributed by atoms with E-state index in [4.69, 9.17) is 4.74 Å². The van der Waals surface area contributed by atoms with E-state index in [-0.39, 0.29) is 5.91 Å². The van der Waals surface area contributed by atoms with Gasteiger partial charge in [-0.15, -0.1) is 0 Å². The number of rotatable bonds is 4. The van der Waals surface area contributed by atoms with Crippen LogP contribution in [-0.2, 0) is 20.7 Å². The van der Waals surface area contributed by atoms with Crippen LogP contribution in [-0.4, -0.2) is 25.0 Å². The molecule has 0 aliphatic carbocycles. The lowest BCUT2D eigenvalue weighted by Crippen LogP contribution is -2.42. The lowest BCUT2D eigenvalue weighted by molar-refractivity contribution is -0.144. The second-order valence-corrected chi connectivity index (χ2v) is 6.66. The van der Waals surface area contributed by atoms with Crippen LogP contribution in [0, 0.1) is 0 Å². The molecule has 0 fully saturated rings. The quantitative estimate of drug-likeness (QED) is 0.533. The summed E-state index contributed by atoms with van der Waals surface area (Å²) < 4.78 is 5.90. The Balaban J connectivity index is 2.23. The maximum absolute atomic E-state index is 12.1. The van der Waals surface area contributed by atoms with E-state index in [1.807, 2.05) is 48.5 Å². The van der Waals surface area contributed by atoms with Crippen LogP contribution in [0.25, 0.3) is 21.5 Å². The number of hydrogen-bond acceptors (Lipinski definition) is 3. The van der Waals surface area contributed by atoms with Gasteiger partial charge in [0.15, 0.2) is 0 Å². The predicted octanol–water partition coefficient (Wildman–Crippen LogP) is 3.98. The standard InChI is InChI=1S/C20H18BrNO3/c1-12(23)22-18(20(24)25-2)11-17-13-7-3-5-9-15(13)19(21)16-10-6-4-8-14(16)17/h3-10,18H,11H2,1-2H3,(H,22,23). The molecule has 3 rings (SSSR count). The van der Waals surface area contributed by atoms with Crippen molar-refractivity contribution in [3.8, 4) is 0 Å². The summed E-state index contributed by atoms with van der Waals surface area (Å²) in [6, 6.07) is 15.3. The van der Waals surface area contributed by atoms with Crippen molar-refractivity contribution in [2.75, 3.05) is 7.11 Å². The molecule has 0 saturated carbocycles. The van der Waals surface area contributed by atoms with Crippen molar-refractivity contribution in [2.24, 2.45) is 0 Å². The maximum atomic E-state index is 12.1. The van der Waals surface area contributed by atoms with Crippen LogP contribution < -0.4 is 5.32 Å². The van der Waals surface area contributed by atoms with Gasteiger partial charge in [-0.1, -0.05) is 48.5 Å². The Morgan fingerprint density at radius 2 is 1.48 bits per heavy atom. The van der Waals surface area contributed by atoms with Crippen LogP contribution in [0.2, 0.25) is 0 Å². The lowest BCUT2D eigenvalue weighted by Gasteiger charge is -2.19. The van der Waals surface area contributed by atoms with Crippen molar-refractivity contribution in [3.05, 3.63) is 58.6 Å². The molecule has 1 unspecified atom stereocenters. The summed E-state index contributed by atoms with van der Waals surface area (Å²) in [4.78, 5) is 23.7. The Morgan fingerprint density at radius 1 is 1.00 bits per heavy atom. The second-order valence-electron chi connectivity index (χ2n) is 5.86. The fourth-order valence-corrected chi connectivity index (χ4v) is 3.86. The number of ether oxygens (including phenoxy) is 1. The van der Waals surface area contributed by atoms with Crippen molar-refractivity contribution in [2.45, 2.75) is 19.4 Å². The van der Waals surface area contributed by atoms with Gasteiger partial charge >= 0.3 is 5.97 Å². The van der Waals surface area contributed by atoms with Gasteiger partial charge in [0.2, 0.25) is 5.91 Å².